The molecule has 2 rings (SSSR count). The highest BCUT2D eigenvalue weighted by Crippen LogP contribution is 2.28. The van der Waals surface area contributed by atoms with E-state index >= 15 is 0 Å². The molecule has 0 aromatic heterocycles. The summed E-state index contributed by atoms with van der Waals surface area (Å²) < 4.78 is 30.9. The first kappa shape index (κ1) is 24.5. The van der Waals surface area contributed by atoms with Gasteiger partial charge in [-0.25, -0.2) is 13.2 Å². The summed E-state index contributed by atoms with van der Waals surface area (Å²) in [5.74, 6) is -0.510. The zero-order valence-electron chi connectivity index (χ0n) is 18.1. The Morgan fingerprint density at radius 1 is 1.13 bits per heavy atom. The normalized spacial score (nSPS) is 19.7. The van der Waals surface area contributed by atoms with E-state index in [1.54, 1.807) is 56.8 Å². The molecule has 0 aliphatic heterocycles. The van der Waals surface area contributed by atoms with Gasteiger partial charge in [-0.3, -0.25) is 4.79 Å². The predicted molar refractivity (Wildman–Crippen MR) is 118 cm³/mol. The second-order valence-corrected chi connectivity index (χ2v) is 11.4. The van der Waals surface area contributed by atoms with Crippen LogP contribution in [0.3, 0.4) is 0 Å². The Balaban J connectivity index is 1.95. The van der Waals surface area contributed by atoms with E-state index in [9.17, 15) is 18.0 Å². The number of benzene rings is 1. The largest absolute Gasteiger partial charge is 0.444 e. The van der Waals surface area contributed by atoms with Crippen molar-refractivity contribution in [2.45, 2.75) is 67.9 Å². The van der Waals surface area contributed by atoms with Crippen molar-refractivity contribution >= 4 is 33.6 Å². The number of rotatable bonds is 7. The van der Waals surface area contributed by atoms with Crippen molar-refractivity contribution < 1.29 is 22.7 Å². The van der Waals surface area contributed by atoms with Crippen LogP contribution in [0, 0.1) is 5.92 Å². The number of alkyl carbamates (subject to hydrolysis) is 1. The van der Waals surface area contributed by atoms with Crippen molar-refractivity contribution in [2.24, 2.45) is 5.92 Å². The Morgan fingerprint density at radius 2 is 1.77 bits per heavy atom. The molecular formula is C21H32N2O5S2. The zero-order chi connectivity index (χ0) is 22.4. The molecule has 1 aromatic carbocycles. The Labute approximate surface area is 183 Å². The van der Waals surface area contributed by atoms with Crippen LogP contribution >= 0.6 is 11.8 Å². The molecule has 2 unspecified atom stereocenters. The van der Waals surface area contributed by atoms with Crippen molar-refractivity contribution in [3.63, 3.8) is 0 Å². The number of hydrogen-bond donors (Lipinski definition) is 2. The predicted octanol–water partition coefficient (Wildman–Crippen LogP) is 3.38. The molecule has 1 aliphatic carbocycles. The molecule has 1 fully saturated rings. The van der Waals surface area contributed by atoms with Crippen LogP contribution in [0.2, 0.25) is 0 Å². The molecule has 2 atom stereocenters. The van der Waals surface area contributed by atoms with E-state index in [2.05, 4.69) is 10.6 Å². The van der Waals surface area contributed by atoms with Crippen molar-refractivity contribution in [3.05, 3.63) is 24.3 Å². The lowest BCUT2D eigenvalue weighted by Crippen LogP contribution is -2.48. The summed E-state index contributed by atoms with van der Waals surface area (Å²) in [4.78, 5) is 25.3. The first-order valence-corrected chi connectivity index (χ1v) is 13.0. The SMILES string of the molecule is CSc1ccc(S(=O)(=O)CC2CCCCC2NC(=O)CNC(=O)OC(C)(C)C)cc1. The van der Waals surface area contributed by atoms with Gasteiger partial charge >= 0.3 is 6.09 Å². The fourth-order valence-corrected chi connectivity index (χ4v) is 5.60. The zero-order valence-corrected chi connectivity index (χ0v) is 19.7. The van der Waals surface area contributed by atoms with Gasteiger partial charge in [-0.05, 0) is 70.1 Å². The van der Waals surface area contributed by atoms with E-state index in [0.29, 0.717) is 4.90 Å². The maximum absolute atomic E-state index is 12.9. The molecule has 0 bridgehead atoms. The van der Waals surface area contributed by atoms with Crippen LogP contribution in [0.5, 0.6) is 0 Å². The summed E-state index contributed by atoms with van der Waals surface area (Å²) in [5, 5.41) is 5.34. The Morgan fingerprint density at radius 3 is 2.37 bits per heavy atom. The van der Waals surface area contributed by atoms with Crippen LogP contribution < -0.4 is 10.6 Å². The molecule has 30 heavy (non-hydrogen) atoms. The third-order valence-electron chi connectivity index (χ3n) is 4.90. The fourth-order valence-electron chi connectivity index (χ4n) is 3.48. The molecule has 7 nitrogen and oxygen atoms in total. The molecule has 2 N–H and O–H groups in total. The first-order chi connectivity index (χ1) is 14.0. The molecular weight excluding hydrogens is 424 g/mol. The van der Waals surface area contributed by atoms with Gasteiger partial charge in [-0.1, -0.05) is 12.8 Å². The van der Waals surface area contributed by atoms with Gasteiger partial charge in [0.25, 0.3) is 0 Å². The lowest BCUT2D eigenvalue weighted by Gasteiger charge is -2.32. The van der Waals surface area contributed by atoms with Crippen molar-refractivity contribution in [1.82, 2.24) is 10.6 Å². The number of hydrogen-bond acceptors (Lipinski definition) is 6. The summed E-state index contributed by atoms with van der Waals surface area (Å²) >= 11 is 1.56. The van der Waals surface area contributed by atoms with Gasteiger partial charge in [0, 0.05) is 10.9 Å². The number of ether oxygens (including phenoxy) is 1. The third-order valence-corrected chi connectivity index (χ3v) is 7.50. The van der Waals surface area contributed by atoms with E-state index in [1.807, 2.05) is 6.26 Å². The number of carbonyl (C=O) groups is 2. The molecule has 0 spiro atoms. The van der Waals surface area contributed by atoms with Crippen LogP contribution in [-0.2, 0) is 19.4 Å². The van der Waals surface area contributed by atoms with E-state index in [-0.39, 0.29) is 30.2 Å². The fraction of sp³-hybridized carbons (Fsp3) is 0.619. The summed E-state index contributed by atoms with van der Waals surface area (Å²) in [6.45, 7) is 5.03. The van der Waals surface area contributed by atoms with Gasteiger partial charge in [-0.2, -0.15) is 0 Å². The van der Waals surface area contributed by atoms with Crippen molar-refractivity contribution in [1.29, 1.82) is 0 Å². The molecule has 9 heteroatoms. The van der Waals surface area contributed by atoms with E-state index < -0.39 is 21.5 Å². The molecule has 0 radical (unpaired) electrons. The smallest absolute Gasteiger partial charge is 0.408 e. The van der Waals surface area contributed by atoms with Crippen molar-refractivity contribution in [3.8, 4) is 0 Å². The average molecular weight is 457 g/mol. The van der Waals surface area contributed by atoms with Crippen LogP contribution in [0.1, 0.15) is 46.5 Å². The Kier molecular flexibility index (Phi) is 8.61. The maximum atomic E-state index is 12.9. The van der Waals surface area contributed by atoms with E-state index in [1.165, 1.54) is 0 Å². The Hall–Kier alpha value is -1.74. The number of carbonyl (C=O) groups excluding carboxylic acids is 2. The van der Waals surface area contributed by atoms with Crippen LogP contribution in [0.4, 0.5) is 4.79 Å². The molecule has 0 saturated heterocycles. The first-order valence-electron chi connectivity index (χ1n) is 10.1. The lowest BCUT2D eigenvalue weighted by atomic mass is 9.86. The van der Waals surface area contributed by atoms with Gasteiger partial charge in [0.05, 0.1) is 10.6 Å². The van der Waals surface area contributed by atoms with E-state index in [0.717, 1.165) is 30.6 Å². The number of thioether (sulfide) groups is 1. The molecule has 1 saturated carbocycles. The highest BCUT2D eigenvalue weighted by molar-refractivity contribution is 7.98. The second-order valence-electron chi connectivity index (χ2n) is 8.53. The second kappa shape index (κ2) is 10.5. The maximum Gasteiger partial charge on any atom is 0.408 e. The van der Waals surface area contributed by atoms with Gasteiger partial charge in [0.1, 0.15) is 12.1 Å². The number of sulfone groups is 1. The topological polar surface area (TPSA) is 102 Å². The Bertz CT molecular complexity index is 832. The minimum atomic E-state index is -3.45. The number of nitrogens with one attached hydrogen (secondary N) is 2. The molecule has 168 valence electrons. The molecule has 1 aromatic rings. The third kappa shape index (κ3) is 7.83. The van der Waals surface area contributed by atoms with Crippen LogP contribution in [0.25, 0.3) is 0 Å². The standard InChI is InChI=1S/C21H32N2O5S2/c1-21(2,3)28-20(25)22-13-19(24)23-18-8-6-5-7-15(18)14-30(26,27)17-11-9-16(29-4)10-12-17/h9-12,15,18H,5-8,13-14H2,1-4H3,(H,22,25)(H,23,24). The average Bonchev–Trinajstić information content (AvgIpc) is 2.66. The summed E-state index contributed by atoms with van der Waals surface area (Å²) in [6, 6.07) is 6.66. The lowest BCUT2D eigenvalue weighted by molar-refractivity contribution is -0.121. The summed E-state index contributed by atoms with van der Waals surface area (Å²) in [5.41, 5.74) is -0.641. The van der Waals surface area contributed by atoms with Gasteiger partial charge in [0.15, 0.2) is 9.84 Å². The highest BCUT2D eigenvalue weighted by Gasteiger charge is 2.31. The van der Waals surface area contributed by atoms with Crippen LogP contribution in [-0.4, -0.2) is 50.6 Å². The molecule has 1 aliphatic rings. The van der Waals surface area contributed by atoms with Crippen LogP contribution in [0.15, 0.2) is 34.1 Å². The van der Waals surface area contributed by atoms with Gasteiger partial charge < -0.3 is 15.4 Å². The molecule has 2 amide bonds. The summed E-state index contributed by atoms with van der Waals surface area (Å²) in [7, 11) is -3.45. The van der Waals surface area contributed by atoms with Gasteiger partial charge in [-0.15, -0.1) is 11.8 Å². The molecule has 0 heterocycles. The van der Waals surface area contributed by atoms with E-state index in [4.69, 9.17) is 4.74 Å². The van der Waals surface area contributed by atoms with Gasteiger partial charge in [0.2, 0.25) is 5.91 Å². The monoisotopic (exact) mass is 456 g/mol. The quantitative estimate of drug-likeness (QED) is 0.610. The minimum absolute atomic E-state index is 0.00391. The van der Waals surface area contributed by atoms with Crippen molar-refractivity contribution in [2.75, 3.05) is 18.6 Å². The minimum Gasteiger partial charge on any atom is -0.444 e. The number of amides is 2. The summed E-state index contributed by atoms with van der Waals surface area (Å²) in [6.07, 6.45) is 4.62. The highest BCUT2D eigenvalue weighted by atomic mass is 32.2.